The van der Waals surface area contributed by atoms with Crippen LogP contribution in [-0.4, -0.2) is 14.3 Å². The maximum Gasteiger partial charge on any atom is 0.416 e. The smallest absolute Gasteiger partial charge is 0.348 e. The standard InChI is InChI=1S/C28H23F3N2O3S/c29-28(30,31)24-9-7-8-22(18-24)19-32-27(34)23-16-14-21(15-17-23)20-33(25-10-3-1-4-11-25)37(35,36)26-12-5-2-6-13-26/h1-18H,19-20H2,(H,32,34). The van der Waals surface area contributed by atoms with Gasteiger partial charge in [0.25, 0.3) is 15.9 Å². The first-order valence-electron chi connectivity index (χ1n) is 11.3. The molecule has 0 atom stereocenters. The molecule has 37 heavy (non-hydrogen) atoms. The highest BCUT2D eigenvalue weighted by Gasteiger charge is 2.30. The molecule has 0 fully saturated rings. The second-order valence-electron chi connectivity index (χ2n) is 8.24. The number of carbonyl (C=O) groups is 1. The van der Waals surface area contributed by atoms with E-state index < -0.39 is 27.7 Å². The number of nitrogens with one attached hydrogen (secondary N) is 1. The molecule has 0 saturated heterocycles. The van der Waals surface area contributed by atoms with E-state index in [1.54, 1.807) is 72.8 Å². The zero-order valence-electron chi connectivity index (χ0n) is 19.5. The van der Waals surface area contributed by atoms with Crippen molar-refractivity contribution in [1.82, 2.24) is 5.32 Å². The third-order valence-electron chi connectivity index (χ3n) is 5.63. The minimum Gasteiger partial charge on any atom is -0.348 e. The molecule has 0 spiro atoms. The molecule has 0 saturated carbocycles. The summed E-state index contributed by atoms with van der Waals surface area (Å²) in [5.74, 6) is -0.458. The van der Waals surface area contributed by atoms with Crippen LogP contribution in [0.25, 0.3) is 0 Å². The second kappa shape index (κ2) is 10.9. The molecule has 0 aromatic heterocycles. The SMILES string of the molecule is O=C(NCc1cccc(C(F)(F)F)c1)c1ccc(CN(c2ccccc2)S(=O)(=O)c2ccccc2)cc1. The highest BCUT2D eigenvalue weighted by molar-refractivity contribution is 7.92. The number of alkyl halides is 3. The van der Waals surface area contributed by atoms with Gasteiger partial charge in [0.05, 0.1) is 22.7 Å². The van der Waals surface area contributed by atoms with E-state index in [-0.39, 0.29) is 18.0 Å². The summed E-state index contributed by atoms with van der Waals surface area (Å²) in [5, 5.41) is 2.61. The molecule has 0 aliphatic rings. The van der Waals surface area contributed by atoms with Crippen LogP contribution in [-0.2, 0) is 29.3 Å². The molecule has 190 valence electrons. The van der Waals surface area contributed by atoms with Gasteiger partial charge in [-0.25, -0.2) is 8.42 Å². The first kappa shape index (κ1) is 26.0. The number of hydrogen-bond acceptors (Lipinski definition) is 3. The number of amides is 1. The van der Waals surface area contributed by atoms with Crippen molar-refractivity contribution in [1.29, 1.82) is 0 Å². The van der Waals surface area contributed by atoms with Crippen LogP contribution in [0.4, 0.5) is 18.9 Å². The Morgan fingerprint density at radius 3 is 2.00 bits per heavy atom. The van der Waals surface area contributed by atoms with Gasteiger partial charge in [0.15, 0.2) is 0 Å². The average Bonchev–Trinajstić information content (AvgIpc) is 2.91. The van der Waals surface area contributed by atoms with Crippen molar-refractivity contribution in [2.45, 2.75) is 24.2 Å². The van der Waals surface area contributed by atoms with E-state index in [2.05, 4.69) is 5.32 Å². The fourth-order valence-electron chi connectivity index (χ4n) is 3.70. The van der Waals surface area contributed by atoms with E-state index in [1.807, 2.05) is 0 Å². The summed E-state index contributed by atoms with van der Waals surface area (Å²) in [6.07, 6.45) is -4.46. The highest BCUT2D eigenvalue weighted by atomic mass is 32.2. The molecule has 0 aliphatic heterocycles. The van der Waals surface area contributed by atoms with E-state index in [1.165, 1.54) is 28.6 Å². The molecule has 0 radical (unpaired) electrons. The van der Waals surface area contributed by atoms with Crippen molar-refractivity contribution in [3.63, 3.8) is 0 Å². The summed E-state index contributed by atoms with van der Waals surface area (Å²) in [4.78, 5) is 12.7. The van der Waals surface area contributed by atoms with Crippen LogP contribution in [0.15, 0.2) is 114 Å². The number of halogens is 3. The lowest BCUT2D eigenvalue weighted by Gasteiger charge is -2.25. The van der Waals surface area contributed by atoms with Crippen LogP contribution in [0.5, 0.6) is 0 Å². The fraction of sp³-hybridized carbons (Fsp3) is 0.107. The van der Waals surface area contributed by atoms with Crippen molar-refractivity contribution >= 4 is 21.6 Å². The molecule has 1 amide bonds. The van der Waals surface area contributed by atoms with Crippen molar-refractivity contribution in [3.05, 3.63) is 131 Å². The first-order valence-corrected chi connectivity index (χ1v) is 12.7. The number of nitrogens with zero attached hydrogens (tertiary/aromatic N) is 1. The summed E-state index contributed by atoms with van der Waals surface area (Å²) in [6, 6.07) is 28.0. The van der Waals surface area contributed by atoms with E-state index in [0.717, 1.165) is 12.1 Å². The molecule has 0 heterocycles. The zero-order valence-corrected chi connectivity index (χ0v) is 20.3. The molecule has 1 N–H and O–H groups in total. The topological polar surface area (TPSA) is 66.5 Å². The van der Waals surface area contributed by atoms with Crippen LogP contribution in [0.3, 0.4) is 0 Å². The molecular weight excluding hydrogens is 501 g/mol. The van der Waals surface area contributed by atoms with Crippen molar-refractivity contribution in [2.75, 3.05) is 4.31 Å². The Hall–Kier alpha value is -4.11. The van der Waals surface area contributed by atoms with Crippen molar-refractivity contribution in [3.8, 4) is 0 Å². The third-order valence-corrected chi connectivity index (χ3v) is 7.41. The van der Waals surface area contributed by atoms with Gasteiger partial charge in [-0.05, 0) is 59.7 Å². The van der Waals surface area contributed by atoms with E-state index in [9.17, 15) is 26.4 Å². The second-order valence-corrected chi connectivity index (χ2v) is 10.1. The lowest BCUT2D eigenvalue weighted by molar-refractivity contribution is -0.137. The van der Waals surface area contributed by atoms with E-state index in [4.69, 9.17) is 0 Å². The van der Waals surface area contributed by atoms with Crippen molar-refractivity contribution in [2.24, 2.45) is 0 Å². The summed E-state index contributed by atoms with van der Waals surface area (Å²) >= 11 is 0. The summed E-state index contributed by atoms with van der Waals surface area (Å²) in [5.41, 5.74) is 0.987. The van der Waals surface area contributed by atoms with Gasteiger partial charge in [0.1, 0.15) is 0 Å². The quantitative estimate of drug-likeness (QED) is 0.306. The monoisotopic (exact) mass is 524 g/mol. The van der Waals surface area contributed by atoms with Gasteiger partial charge in [0, 0.05) is 12.1 Å². The number of carbonyl (C=O) groups excluding carboxylic acids is 1. The Bertz CT molecular complexity index is 1460. The van der Waals surface area contributed by atoms with Crippen LogP contribution in [0.1, 0.15) is 27.0 Å². The lowest BCUT2D eigenvalue weighted by atomic mass is 10.1. The molecular formula is C28H23F3N2O3S. The van der Waals surface area contributed by atoms with Gasteiger partial charge in [0.2, 0.25) is 0 Å². The summed E-state index contributed by atoms with van der Waals surface area (Å²) in [7, 11) is -3.86. The molecule has 0 unspecified atom stereocenters. The number of sulfonamides is 1. The van der Waals surface area contributed by atoms with Gasteiger partial charge < -0.3 is 5.32 Å². The Morgan fingerprint density at radius 2 is 1.38 bits per heavy atom. The van der Waals surface area contributed by atoms with Crippen LogP contribution in [0, 0.1) is 0 Å². The summed E-state index contributed by atoms with van der Waals surface area (Å²) in [6.45, 7) is -0.0328. The van der Waals surface area contributed by atoms with E-state index >= 15 is 0 Å². The molecule has 0 bridgehead atoms. The van der Waals surface area contributed by atoms with Gasteiger partial charge in [-0.2, -0.15) is 13.2 Å². The lowest BCUT2D eigenvalue weighted by Crippen LogP contribution is -2.30. The minimum absolute atomic E-state index is 0.0351. The predicted molar refractivity (Wildman–Crippen MR) is 135 cm³/mol. The average molecular weight is 525 g/mol. The van der Waals surface area contributed by atoms with Gasteiger partial charge in [-0.1, -0.05) is 60.7 Å². The molecule has 4 aromatic rings. The number of rotatable bonds is 8. The maximum atomic E-state index is 13.4. The number of para-hydroxylation sites is 1. The van der Waals surface area contributed by atoms with Crippen molar-refractivity contribution < 1.29 is 26.4 Å². The van der Waals surface area contributed by atoms with Crippen LogP contribution < -0.4 is 9.62 Å². The summed E-state index contributed by atoms with van der Waals surface area (Å²) < 4.78 is 66.8. The Morgan fingerprint density at radius 1 is 0.757 bits per heavy atom. The molecule has 4 rings (SSSR count). The predicted octanol–water partition coefficient (Wildman–Crippen LogP) is 6.03. The first-order chi connectivity index (χ1) is 17.6. The molecule has 0 aliphatic carbocycles. The normalized spacial score (nSPS) is 11.6. The number of hydrogen-bond donors (Lipinski definition) is 1. The third kappa shape index (κ3) is 6.37. The van der Waals surface area contributed by atoms with Gasteiger partial charge in [-0.15, -0.1) is 0 Å². The number of benzene rings is 4. The maximum absolute atomic E-state index is 13.4. The minimum atomic E-state index is -4.46. The molecule has 5 nitrogen and oxygen atoms in total. The Labute approximate surface area is 213 Å². The molecule has 4 aromatic carbocycles. The fourth-order valence-corrected chi connectivity index (χ4v) is 5.17. The number of anilines is 1. The largest absolute Gasteiger partial charge is 0.416 e. The van der Waals surface area contributed by atoms with Crippen LogP contribution >= 0.6 is 0 Å². The van der Waals surface area contributed by atoms with Gasteiger partial charge >= 0.3 is 6.18 Å². The van der Waals surface area contributed by atoms with Crippen LogP contribution in [0.2, 0.25) is 0 Å². The van der Waals surface area contributed by atoms with Gasteiger partial charge in [-0.3, -0.25) is 9.10 Å². The Kier molecular flexibility index (Phi) is 7.63. The molecule has 9 heteroatoms. The van der Waals surface area contributed by atoms with E-state index in [0.29, 0.717) is 22.4 Å². The zero-order chi connectivity index (χ0) is 26.5. The Balaban J connectivity index is 1.49. The highest BCUT2D eigenvalue weighted by Crippen LogP contribution is 2.29.